The molecule has 2 aromatic rings. The van der Waals surface area contributed by atoms with E-state index in [2.05, 4.69) is 9.97 Å². The fraction of sp³-hybridized carbons (Fsp3) is 0.0909. The Hall–Kier alpha value is -2.11. The third kappa shape index (κ3) is 2.93. The third-order valence-electron chi connectivity index (χ3n) is 1.93. The number of hydrogen-bond acceptors (Lipinski definition) is 3. The second-order valence-electron chi connectivity index (χ2n) is 3.20. The smallest absolute Gasteiger partial charge is 0.416 e. The van der Waals surface area contributed by atoms with Crippen LogP contribution in [0.3, 0.4) is 0 Å². The molecule has 6 heteroatoms. The molecule has 0 spiro atoms. The van der Waals surface area contributed by atoms with Gasteiger partial charge >= 0.3 is 6.18 Å². The largest absolute Gasteiger partial charge is 0.454 e. The number of ether oxygens (including phenoxy) is 1. The molecule has 0 atom stereocenters. The zero-order valence-corrected chi connectivity index (χ0v) is 8.48. The van der Waals surface area contributed by atoms with Crippen molar-refractivity contribution in [2.24, 2.45) is 0 Å². The monoisotopic (exact) mass is 240 g/mol. The van der Waals surface area contributed by atoms with Crippen LogP contribution in [0.25, 0.3) is 0 Å². The number of aromatic nitrogens is 2. The van der Waals surface area contributed by atoms with Crippen LogP contribution >= 0.6 is 0 Å². The molecule has 0 N–H and O–H groups in total. The summed E-state index contributed by atoms with van der Waals surface area (Å²) in [5.74, 6) is 0.376. The first kappa shape index (κ1) is 11.4. The molecule has 0 unspecified atom stereocenters. The van der Waals surface area contributed by atoms with Crippen molar-refractivity contribution in [1.29, 1.82) is 0 Å². The van der Waals surface area contributed by atoms with E-state index in [0.29, 0.717) is 0 Å². The van der Waals surface area contributed by atoms with Crippen molar-refractivity contribution >= 4 is 0 Å². The highest BCUT2D eigenvalue weighted by atomic mass is 19.4. The summed E-state index contributed by atoms with van der Waals surface area (Å²) in [6.45, 7) is 0. The normalized spacial score (nSPS) is 11.2. The first-order valence-corrected chi connectivity index (χ1v) is 4.66. The molecule has 0 saturated carbocycles. The molecule has 1 aromatic carbocycles. The lowest BCUT2D eigenvalue weighted by atomic mass is 10.2. The van der Waals surface area contributed by atoms with Gasteiger partial charge < -0.3 is 4.74 Å². The molecule has 0 saturated heterocycles. The maximum Gasteiger partial charge on any atom is 0.416 e. The molecular weight excluding hydrogens is 233 g/mol. The molecule has 17 heavy (non-hydrogen) atoms. The van der Waals surface area contributed by atoms with Gasteiger partial charge in [0.25, 0.3) is 0 Å². The van der Waals surface area contributed by atoms with Crippen LogP contribution < -0.4 is 4.74 Å². The summed E-state index contributed by atoms with van der Waals surface area (Å²) in [4.78, 5) is 7.39. The Balaban J connectivity index is 2.23. The predicted molar refractivity (Wildman–Crippen MR) is 53.6 cm³/mol. The van der Waals surface area contributed by atoms with Gasteiger partial charge in [0.05, 0.1) is 18.0 Å². The summed E-state index contributed by atoms with van der Waals surface area (Å²) < 4.78 is 42.5. The van der Waals surface area contributed by atoms with Gasteiger partial charge in [-0.05, 0) is 18.2 Å². The van der Waals surface area contributed by atoms with Crippen LogP contribution in [0.15, 0.2) is 43.0 Å². The topological polar surface area (TPSA) is 35.0 Å². The van der Waals surface area contributed by atoms with Crippen LogP contribution in [0.1, 0.15) is 5.56 Å². The molecule has 1 aromatic heterocycles. The molecule has 0 aliphatic heterocycles. The van der Waals surface area contributed by atoms with Crippen molar-refractivity contribution in [2.75, 3.05) is 0 Å². The summed E-state index contributed by atoms with van der Waals surface area (Å²) in [5.41, 5.74) is -0.758. The van der Waals surface area contributed by atoms with Crippen molar-refractivity contribution in [3.63, 3.8) is 0 Å². The minimum absolute atomic E-state index is 0.0922. The van der Waals surface area contributed by atoms with Crippen molar-refractivity contribution in [2.45, 2.75) is 6.18 Å². The number of nitrogens with zero attached hydrogens (tertiary/aromatic N) is 2. The van der Waals surface area contributed by atoms with Crippen LogP contribution in [0.4, 0.5) is 13.2 Å². The molecule has 0 amide bonds. The number of rotatable bonds is 2. The van der Waals surface area contributed by atoms with Crippen LogP contribution in [0.5, 0.6) is 11.5 Å². The van der Waals surface area contributed by atoms with Crippen LogP contribution in [0, 0.1) is 0 Å². The highest BCUT2D eigenvalue weighted by molar-refractivity contribution is 5.33. The molecule has 3 nitrogen and oxygen atoms in total. The highest BCUT2D eigenvalue weighted by Gasteiger charge is 2.30. The Morgan fingerprint density at radius 3 is 2.35 bits per heavy atom. The molecule has 2 rings (SSSR count). The van der Waals surface area contributed by atoms with Crippen molar-refractivity contribution in [3.8, 4) is 11.5 Å². The maximum absolute atomic E-state index is 12.4. The van der Waals surface area contributed by atoms with Gasteiger partial charge in [-0.2, -0.15) is 13.2 Å². The SMILES string of the molecule is FC(F)(F)c1cccc(Oc2cncnc2)c1. The number of benzene rings is 1. The van der Waals surface area contributed by atoms with Gasteiger partial charge in [-0.25, -0.2) is 9.97 Å². The average molecular weight is 240 g/mol. The first-order chi connectivity index (χ1) is 8.05. The van der Waals surface area contributed by atoms with Crippen molar-refractivity contribution < 1.29 is 17.9 Å². The van der Waals surface area contributed by atoms with E-state index in [1.165, 1.54) is 30.9 Å². The number of hydrogen-bond donors (Lipinski definition) is 0. The average Bonchev–Trinajstić information content (AvgIpc) is 2.29. The minimum Gasteiger partial charge on any atom is -0.454 e. The molecule has 88 valence electrons. The fourth-order valence-electron chi connectivity index (χ4n) is 1.21. The number of halogens is 3. The van der Waals surface area contributed by atoms with Gasteiger partial charge in [0.2, 0.25) is 0 Å². The second kappa shape index (κ2) is 4.40. The van der Waals surface area contributed by atoms with Gasteiger partial charge in [0.15, 0.2) is 5.75 Å². The van der Waals surface area contributed by atoms with E-state index in [1.807, 2.05) is 0 Å². The molecular formula is C11H7F3N2O. The summed E-state index contributed by atoms with van der Waals surface area (Å²) >= 11 is 0. The molecule has 1 heterocycles. The minimum atomic E-state index is -4.38. The number of alkyl halides is 3. The Kier molecular flexibility index (Phi) is 2.95. The Morgan fingerprint density at radius 1 is 1.00 bits per heavy atom. The summed E-state index contributed by atoms with van der Waals surface area (Å²) in [6, 6.07) is 4.62. The molecule has 0 aliphatic carbocycles. The quantitative estimate of drug-likeness (QED) is 0.807. The van der Waals surface area contributed by atoms with Crippen molar-refractivity contribution in [3.05, 3.63) is 48.5 Å². The maximum atomic E-state index is 12.4. The van der Waals surface area contributed by atoms with Crippen LogP contribution in [0.2, 0.25) is 0 Å². The van der Waals surface area contributed by atoms with Gasteiger partial charge in [-0.1, -0.05) is 6.07 Å². The van der Waals surface area contributed by atoms with E-state index in [4.69, 9.17) is 4.74 Å². The third-order valence-corrected chi connectivity index (χ3v) is 1.93. The second-order valence-corrected chi connectivity index (χ2v) is 3.20. The van der Waals surface area contributed by atoms with E-state index >= 15 is 0 Å². The Labute approximate surface area is 94.9 Å². The standard InChI is InChI=1S/C11H7F3N2O/c12-11(13,14)8-2-1-3-9(4-8)17-10-5-15-7-16-6-10/h1-7H. The lowest BCUT2D eigenvalue weighted by molar-refractivity contribution is -0.137. The summed E-state index contributed by atoms with van der Waals surface area (Å²) in [7, 11) is 0. The van der Waals surface area contributed by atoms with Crippen LogP contribution in [-0.2, 0) is 6.18 Å². The van der Waals surface area contributed by atoms with E-state index in [9.17, 15) is 13.2 Å². The van der Waals surface area contributed by atoms with Crippen molar-refractivity contribution in [1.82, 2.24) is 9.97 Å². The van der Waals surface area contributed by atoms with Gasteiger partial charge in [-0.3, -0.25) is 0 Å². The van der Waals surface area contributed by atoms with Gasteiger partial charge in [0.1, 0.15) is 12.1 Å². The van der Waals surface area contributed by atoms with Gasteiger partial charge in [0, 0.05) is 0 Å². The predicted octanol–water partition coefficient (Wildman–Crippen LogP) is 3.29. The van der Waals surface area contributed by atoms with E-state index in [1.54, 1.807) is 0 Å². The molecule has 0 aliphatic rings. The highest BCUT2D eigenvalue weighted by Crippen LogP contribution is 2.32. The zero-order valence-electron chi connectivity index (χ0n) is 8.48. The Bertz CT molecular complexity index is 500. The lowest BCUT2D eigenvalue weighted by Gasteiger charge is -2.09. The lowest BCUT2D eigenvalue weighted by Crippen LogP contribution is -2.04. The fourth-order valence-corrected chi connectivity index (χ4v) is 1.21. The Morgan fingerprint density at radius 2 is 1.71 bits per heavy atom. The van der Waals surface area contributed by atoms with E-state index < -0.39 is 11.7 Å². The molecule has 0 radical (unpaired) electrons. The summed E-state index contributed by atoms with van der Waals surface area (Å²) in [5, 5.41) is 0. The molecule has 0 fully saturated rings. The van der Waals surface area contributed by atoms with Crippen LogP contribution in [-0.4, -0.2) is 9.97 Å². The summed E-state index contributed by atoms with van der Waals surface area (Å²) in [6.07, 6.45) is -0.341. The molecule has 0 bridgehead atoms. The zero-order chi connectivity index (χ0) is 12.3. The van der Waals surface area contributed by atoms with E-state index in [0.717, 1.165) is 12.1 Å². The first-order valence-electron chi connectivity index (χ1n) is 4.66. The van der Waals surface area contributed by atoms with E-state index in [-0.39, 0.29) is 11.5 Å². The van der Waals surface area contributed by atoms with Gasteiger partial charge in [-0.15, -0.1) is 0 Å².